The number of nitrogens with one attached hydrogen (secondary N) is 1. The molecule has 3 atom stereocenters. The first-order chi connectivity index (χ1) is 12.5. The van der Waals surface area contributed by atoms with Crippen molar-refractivity contribution in [3.8, 4) is 0 Å². The third-order valence-electron chi connectivity index (χ3n) is 6.33. The summed E-state index contributed by atoms with van der Waals surface area (Å²) >= 11 is 0. The lowest BCUT2D eigenvalue weighted by Crippen LogP contribution is -2.64. The minimum Gasteiger partial charge on any atom is -0.357 e. The number of aromatic amines is 1. The number of aromatic nitrogens is 1. The molecule has 5 rings (SSSR count). The molecule has 1 aromatic carbocycles. The molecule has 2 fully saturated rings. The second kappa shape index (κ2) is 5.60. The van der Waals surface area contributed by atoms with Gasteiger partial charge in [0.1, 0.15) is 12.1 Å². The number of benzene rings is 1. The lowest BCUT2D eigenvalue weighted by Gasteiger charge is -2.44. The van der Waals surface area contributed by atoms with E-state index in [-0.39, 0.29) is 23.9 Å². The number of piperazine rings is 1. The van der Waals surface area contributed by atoms with Crippen LogP contribution in [0.1, 0.15) is 37.9 Å². The Labute approximate surface area is 153 Å². The van der Waals surface area contributed by atoms with Crippen molar-refractivity contribution in [1.82, 2.24) is 14.8 Å². The van der Waals surface area contributed by atoms with Crippen molar-refractivity contribution in [2.24, 2.45) is 11.8 Å². The molecule has 26 heavy (non-hydrogen) atoms. The van der Waals surface area contributed by atoms with Gasteiger partial charge in [0, 0.05) is 29.6 Å². The van der Waals surface area contributed by atoms with Gasteiger partial charge in [0.25, 0.3) is 0 Å². The van der Waals surface area contributed by atoms with Crippen LogP contribution in [0.3, 0.4) is 0 Å². The summed E-state index contributed by atoms with van der Waals surface area (Å²) in [7, 11) is 0. The Bertz CT molecular complexity index is 900. The van der Waals surface area contributed by atoms with Crippen LogP contribution in [0.5, 0.6) is 0 Å². The molecule has 5 nitrogen and oxygen atoms in total. The number of hydrogen-bond acceptors (Lipinski definition) is 2. The maximum absolute atomic E-state index is 13.2. The summed E-state index contributed by atoms with van der Waals surface area (Å²) < 4.78 is 0. The van der Waals surface area contributed by atoms with Crippen LogP contribution < -0.4 is 0 Å². The average molecular weight is 351 g/mol. The van der Waals surface area contributed by atoms with Crippen molar-refractivity contribution in [3.05, 3.63) is 35.5 Å². The molecular weight excluding hydrogens is 326 g/mol. The molecule has 2 saturated heterocycles. The molecule has 2 aromatic rings. The quantitative estimate of drug-likeness (QED) is 0.904. The van der Waals surface area contributed by atoms with Crippen LogP contribution in [-0.4, -0.2) is 45.2 Å². The van der Waals surface area contributed by atoms with E-state index in [4.69, 9.17) is 0 Å². The van der Waals surface area contributed by atoms with Crippen molar-refractivity contribution in [1.29, 1.82) is 0 Å². The zero-order valence-corrected chi connectivity index (χ0v) is 15.4. The molecule has 3 aliphatic heterocycles. The predicted octanol–water partition coefficient (Wildman–Crippen LogP) is 2.70. The molecule has 3 unspecified atom stereocenters. The van der Waals surface area contributed by atoms with Gasteiger partial charge in [0.15, 0.2) is 0 Å². The van der Waals surface area contributed by atoms with E-state index in [1.165, 1.54) is 10.9 Å². The summed E-state index contributed by atoms with van der Waals surface area (Å²) in [6.45, 7) is 5.70. The molecule has 0 bridgehead atoms. The van der Waals surface area contributed by atoms with Crippen molar-refractivity contribution in [2.45, 2.75) is 51.7 Å². The molecular formula is C21H25N3O2. The van der Waals surface area contributed by atoms with Gasteiger partial charge in [0.05, 0.1) is 6.54 Å². The molecule has 1 N–H and O–H groups in total. The second-order valence-electron chi connectivity index (χ2n) is 8.55. The maximum Gasteiger partial charge on any atom is 0.246 e. The molecule has 0 radical (unpaired) electrons. The highest BCUT2D eigenvalue weighted by atomic mass is 16.2. The van der Waals surface area contributed by atoms with Gasteiger partial charge in [-0.1, -0.05) is 32.0 Å². The minimum atomic E-state index is -0.330. The third kappa shape index (κ3) is 2.22. The zero-order chi connectivity index (χ0) is 18.0. The van der Waals surface area contributed by atoms with Crippen LogP contribution in [0.15, 0.2) is 24.3 Å². The van der Waals surface area contributed by atoms with Gasteiger partial charge in [-0.05, 0) is 36.3 Å². The topological polar surface area (TPSA) is 56.4 Å². The maximum atomic E-state index is 13.2. The van der Waals surface area contributed by atoms with E-state index in [0.717, 1.165) is 30.6 Å². The van der Waals surface area contributed by atoms with Crippen LogP contribution >= 0.6 is 0 Å². The minimum absolute atomic E-state index is 0.144. The largest absolute Gasteiger partial charge is 0.357 e. The number of carbonyl (C=O) groups excluding carboxylic acids is 2. The lowest BCUT2D eigenvalue weighted by molar-refractivity contribution is -0.160. The fourth-order valence-electron chi connectivity index (χ4n) is 5.28. The van der Waals surface area contributed by atoms with E-state index >= 15 is 0 Å². The third-order valence-corrected chi connectivity index (χ3v) is 6.33. The summed E-state index contributed by atoms with van der Waals surface area (Å²) in [6, 6.07) is 7.64. The Morgan fingerprint density at radius 3 is 2.69 bits per heavy atom. The Morgan fingerprint density at radius 1 is 1.12 bits per heavy atom. The highest BCUT2D eigenvalue weighted by Gasteiger charge is 2.51. The fourth-order valence-corrected chi connectivity index (χ4v) is 5.28. The summed E-state index contributed by atoms with van der Waals surface area (Å²) in [5, 5.41) is 1.18. The SMILES string of the molecule is CC(C)CC1CC2C(=O)N3Cc4[nH]c5ccccc5c4CC3C(=O)N2C1. The number of rotatable bonds is 2. The molecule has 0 spiro atoms. The van der Waals surface area contributed by atoms with Crippen molar-refractivity contribution in [3.63, 3.8) is 0 Å². The Hall–Kier alpha value is -2.30. The van der Waals surface area contributed by atoms with Crippen LogP contribution in [0.4, 0.5) is 0 Å². The van der Waals surface area contributed by atoms with Gasteiger partial charge in [-0.2, -0.15) is 0 Å². The number of carbonyl (C=O) groups is 2. The Kier molecular flexibility index (Phi) is 3.43. The van der Waals surface area contributed by atoms with Gasteiger partial charge in [0.2, 0.25) is 11.8 Å². The van der Waals surface area contributed by atoms with Gasteiger partial charge in [-0.3, -0.25) is 9.59 Å². The molecule has 5 heteroatoms. The van der Waals surface area contributed by atoms with Gasteiger partial charge in [-0.25, -0.2) is 0 Å². The number of hydrogen-bond donors (Lipinski definition) is 1. The van der Waals surface area contributed by atoms with Crippen LogP contribution in [0.2, 0.25) is 0 Å². The molecule has 136 valence electrons. The van der Waals surface area contributed by atoms with E-state index in [9.17, 15) is 9.59 Å². The molecule has 3 aliphatic rings. The van der Waals surface area contributed by atoms with Crippen molar-refractivity contribution in [2.75, 3.05) is 6.54 Å². The average Bonchev–Trinajstić information content (AvgIpc) is 3.19. The normalized spacial score (nSPS) is 27.9. The monoisotopic (exact) mass is 351 g/mol. The van der Waals surface area contributed by atoms with Crippen LogP contribution in [-0.2, 0) is 22.6 Å². The highest BCUT2D eigenvalue weighted by molar-refractivity contribution is 5.99. The lowest BCUT2D eigenvalue weighted by atomic mass is 9.91. The first-order valence-electron chi connectivity index (χ1n) is 9.72. The van der Waals surface area contributed by atoms with Crippen molar-refractivity contribution >= 4 is 22.7 Å². The van der Waals surface area contributed by atoms with E-state index in [0.29, 0.717) is 24.8 Å². The van der Waals surface area contributed by atoms with Crippen LogP contribution in [0, 0.1) is 11.8 Å². The molecule has 2 amide bonds. The van der Waals surface area contributed by atoms with E-state index in [1.54, 1.807) is 0 Å². The smallest absolute Gasteiger partial charge is 0.246 e. The number of H-pyrrole nitrogens is 1. The summed E-state index contributed by atoms with van der Waals surface area (Å²) in [6.07, 6.45) is 2.54. The fraction of sp³-hybridized carbons (Fsp3) is 0.524. The number of fused-ring (bicyclic) bond motifs is 5. The number of amides is 2. The summed E-state index contributed by atoms with van der Waals surface area (Å²) in [5.41, 5.74) is 3.39. The van der Waals surface area contributed by atoms with Gasteiger partial charge >= 0.3 is 0 Å². The first-order valence-corrected chi connectivity index (χ1v) is 9.72. The van der Waals surface area contributed by atoms with E-state index in [2.05, 4.69) is 31.0 Å². The highest BCUT2D eigenvalue weighted by Crippen LogP contribution is 2.38. The molecule has 0 aliphatic carbocycles. The van der Waals surface area contributed by atoms with E-state index < -0.39 is 0 Å². The Balaban J connectivity index is 1.48. The zero-order valence-electron chi connectivity index (χ0n) is 15.4. The number of para-hydroxylation sites is 1. The first kappa shape index (κ1) is 15.9. The molecule has 0 saturated carbocycles. The summed E-state index contributed by atoms with van der Waals surface area (Å²) in [4.78, 5) is 33.5. The number of nitrogens with zero attached hydrogens (tertiary/aromatic N) is 2. The predicted molar refractivity (Wildman–Crippen MR) is 99.4 cm³/mol. The molecule has 4 heterocycles. The van der Waals surface area contributed by atoms with E-state index in [1.807, 2.05) is 21.9 Å². The standard InChI is InChI=1S/C21H25N3O2/c1-12(2)7-13-8-18-20(25)24-11-17-15(9-19(24)21(26)23(18)10-13)14-5-3-4-6-16(14)22-17/h3-6,12-13,18-19,22H,7-11H2,1-2H3. The van der Waals surface area contributed by atoms with Crippen LogP contribution in [0.25, 0.3) is 10.9 Å². The van der Waals surface area contributed by atoms with Gasteiger partial charge in [-0.15, -0.1) is 0 Å². The van der Waals surface area contributed by atoms with Crippen molar-refractivity contribution < 1.29 is 9.59 Å². The second-order valence-corrected chi connectivity index (χ2v) is 8.55. The molecule has 1 aromatic heterocycles. The Morgan fingerprint density at radius 2 is 1.88 bits per heavy atom. The van der Waals surface area contributed by atoms with Gasteiger partial charge < -0.3 is 14.8 Å². The summed E-state index contributed by atoms with van der Waals surface area (Å²) in [5.74, 6) is 1.34.